The number of nitrogens with two attached hydrogens (primary N) is 1. The third kappa shape index (κ3) is 5.06. The Kier molecular flexibility index (Phi) is 7.59. The molecule has 10 nitrogen and oxygen atoms in total. The van der Waals surface area contributed by atoms with Gasteiger partial charge < -0.3 is 20.9 Å². The van der Waals surface area contributed by atoms with Crippen LogP contribution in [-0.4, -0.2) is 91.8 Å². The number of carbonyl (C=O) groups is 1. The van der Waals surface area contributed by atoms with Gasteiger partial charge in [-0.25, -0.2) is 0 Å². The molecule has 3 rings (SSSR count). The van der Waals surface area contributed by atoms with Crippen LogP contribution in [0.2, 0.25) is 0 Å². The zero-order valence-electron chi connectivity index (χ0n) is 17.7. The monoisotopic (exact) mass is 438 g/mol. The molecule has 0 saturated carbocycles. The Morgan fingerprint density at radius 1 is 1.33 bits per heavy atom. The van der Waals surface area contributed by atoms with Crippen molar-refractivity contribution in [1.29, 1.82) is 0 Å². The summed E-state index contributed by atoms with van der Waals surface area (Å²) in [5.74, 6) is -1.25. The fourth-order valence-electron chi connectivity index (χ4n) is 4.16. The molecule has 0 bridgehead atoms. The minimum atomic E-state index is -1.19. The molecule has 4 atom stereocenters. The smallest absolute Gasteiger partial charge is 0.234 e. The molecule has 0 aliphatic carbocycles. The summed E-state index contributed by atoms with van der Waals surface area (Å²) < 4.78 is 0. The summed E-state index contributed by atoms with van der Waals surface area (Å²) >= 11 is 6.20. The van der Waals surface area contributed by atoms with E-state index in [1.807, 2.05) is 18.9 Å². The Morgan fingerprint density at radius 3 is 2.67 bits per heavy atom. The summed E-state index contributed by atoms with van der Waals surface area (Å²) in [4.78, 5) is 35.2. The molecular weight excluding hydrogens is 408 g/mol. The second kappa shape index (κ2) is 9.97. The van der Waals surface area contributed by atoms with E-state index < -0.39 is 18.2 Å². The van der Waals surface area contributed by atoms with Crippen molar-refractivity contribution in [3.63, 3.8) is 0 Å². The van der Waals surface area contributed by atoms with Crippen molar-refractivity contribution in [2.24, 2.45) is 16.8 Å². The molecular formula is C19H31ClN8O2. The number of nitrogens with one attached hydrogen (secondary N) is 2. The first-order valence-corrected chi connectivity index (χ1v) is 10.6. The minimum Gasteiger partial charge on any atom is -0.367 e. The molecule has 2 aliphatic heterocycles. The van der Waals surface area contributed by atoms with Crippen LogP contribution in [-0.2, 0) is 4.79 Å². The lowest BCUT2D eigenvalue weighted by Gasteiger charge is -2.40. The van der Waals surface area contributed by atoms with Gasteiger partial charge in [0.25, 0.3) is 0 Å². The van der Waals surface area contributed by atoms with Crippen LogP contribution < -0.4 is 21.3 Å². The first-order chi connectivity index (χ1) is 14.3. The van der Waals surface area contributed by atoms with Gasteiger partial charge in [0.05, 0.1) is 29.1 Å². The molecule has 1 aromatic heterocycles. The fraction of sp³-hybridized carbons (Fsp3) is 0.684. The van der Waals surface area contributed by atoms with Crippen molar-refractivity contribution in [2.45, 2.75) is 24.6 Å². The lowest BCUT2D eigenvalue weighted by molar-refractivity contribution is -0.123. The van der Waals surface area contributed by atoms with E-state index in [2.05, 4.69) is 37.6 Å². The zero-order valence-corrected chi connectivity index (χ0v) is 18.5. The number of piperazine rings is 1. The van der Waals surface area contributed by atoms with Crippen LogP contribution in [0.25, 0.3) is 0 Å². The summed E-state index contributed by atoms with van der Waals surface area (Å²) in [7, 11) is 3.94. The van der Waals surface area contributed by atoms with E-state index in [1.54, 1.807) is 12.4 Å². The Hall–Kier alpha value is -1.85. The van der Waals surface area contributed by atoms with E-state index in [0.29, 0.717) is 18.8 Å². The number of carbonyl (C=O) groups excluding carboxylic acids is 1. The number of aryl methyl sites for hydroxylation is 1. The van der Waals surface area contributed by atoms with E-state index in [4.69, 9.17) is 17.3 Å². The van der Waals surface area contributed by atoms with Gasteiger partial charge in [-0.15, -0.1) is 16.5 Å². The molecule has 0 spiro atoms. The fourth-order valence-corrected chi connectivity index (χ4v) is 4.47. The van der Waals surface area contributed by atoms with Gasteiger partial charge in [-0.1, -0.05) is 5.18 Å². The molecule has 0 aromatic carbocycles. The van der Waals surface area contributed by atoms with E-state index in [1.165, 1.54) is 0 Å². The molecule has 0 radical (unpaired) electrons. The maximum Gasteiger partial charge on any atom is 0.234 e. The highest BCUT2D eigenvalue weighted by Crippen LogP contribution is 2.31. The number of pyridine rings is 1. The van der Waals surface area contributed by atoms with Crippen LogP contribution in [0.5, 0.6) is 0 Å². The van der Waals surface area contributed by atoms with Gasteiger partial charge in [-0.3, -0.25) is 20.0 Å². The first kappa shape index (κ1) is 22.8. The average Bonchev–Trinajstić information content (AvgIpc) is 2.71. The number of alkyl halides is 1. The van der Waals surface area contributed by atoms with Gasteiger partial charge in [0.1, 0.15) is 5.92 Å². The van der Waals surface area contributed by atoms with Crippen LogP contribution >= 0.6 is 11.6 Å². The van der Waals surface area contributed by atoms with Gasteiger partial charge in [-0.05, 0) is 26.6 Å². The molecule has 4 N–H and O–H groups in total. The number of likely N-dealkylation sites (N-methyl/N-ethyl adjacent to an activating group) is 1. The third-order valence-corrected chi connectivity index (χ3v) is 6.11. The number of hydrogen-bond acceptors (Lipinski definition) is 9. The van der Waals surface area contributed by atoms with Crippen molar-refractivity contribution in [3.05, 3.63) is 22.9 Å². The van der Waals surface area contributed by atoms with Crippen LogP contribution in [0.15, 0.2) is 17.6 Å². The van der Waals surface area contributed by atoms with Crippen molar-refractivity contribution >= 4 is 28.9 Å². The second-order valence-corrected chi connectivity index (χ2v) is 8.76. The molecule has 2 aliphatic rings. The quantitative estimate of drug-likeness (QED) is 0.426. The van der Waals surface area contributed by atoms with E-state index in [9.17, 15) is 9.70 Å². The second-order valence-electron chi connectivity index (χ2n) is 8.14. The Bertz CT molecular complexity index is 758. The standard InChI is InChI=1S/C19H31ClN8O2/c1-12-8-22-10-14(16(12)28-6-4-26(2)5-7-28)24-19(29)15(17(21)25-30)18-23-9-13(20)11-27(18)3/h8,10,13,15,17-18,23H,4-7,9,11,21H2,1-3H3,(H,24,29). The van der Waals surface area contributed by atoms with Crippen LogP contribution in [0, 0.1) is 17.7 Å². The largest absolute Gasteiger partial charge is 0.367 e. The summed E-state index contributed by atoms with van der Waals surface area (Å²) in [6.07, 6.45) is 1.79. The van der Waals surface area contributed by atoms with Crippen LogP contribution in [0.3, 0.4) is 0 Å². The lowest BCUT2D eigenvalue weighted by atomic mass is 9.98. The highest BCUT2D eigenvalue weighted by Gasteiger charge is 2.40. The van der Waals surface area contributed by atoms with Crippen LogP contribution in [0.4, 0.5) is 11.4 Å². The van der Waals surface area contributed by atoms with E-state index >= 15 is 0 Å². The number of nitrogens with zero attached hydrogens (tertiary/aromatic N) is 5. The maximum absolute atomic E-state index is 13.3. The van der Waals surface area contributed by atoms with Gasteiger partial charge in [-0.2, -0.15) is 0 Å². The lowest BCUT2D eigenvalue weighted by Crippen LogP contribution is -2.62. The highest BCUT2D eigenvalue weighted by molar-refractivity contribution is 6.21. The summed E-state index contributed by atoms with van der Waals surface area (Å²) in [5.41, 5.74) is 8.49. The number of halogens is 1. The van der Waals surface area contributed by atoms with Crippen LogP contribution in [0.1, 0.15) is 5.56 Å². The Labute approximate surface area is 182 Å². The average molecular weight is 439 g/mol. The minimum absolute atomic E-state index is 0.0832. The molecule has 2 fully saturated rings. The summed E-state index contributed by atoms with van der Waals surface area (Å²) in [6, 6.07) is 0. The van der Waals surface area contributed by atoms with Gasteiger partial charge in [0.15, 0.2) is 6.17 Å². The predicted molar refractivity (Wildman–Crippen MR) is 119 cm³/mol. The van der Waals surface area contributed by atoms with Crippen molar-refractivity contribution < 1.29 is 4.79 Å². The summed E-state index contributed by atoms with van der Waals surface area (Å²) in [5, 5.41) is 9.06. The Balaban J connectivity index is 1.84. The molecule has 2 saturated heterocycles. The van der Waals surface area contributed by atoms with Crippen molar-refractivity contribution in [3.8, 4) is 0 Å². The molecule has 1 aromatic rings. The van der Waals surface area contributed by atoms with Crippen molar-refractivity contribution in [2.75, 3.05) is 63.6 Å². The first-order valence-electron chi connectivity index (χ1n) is 10.2. The SMILES string of the molecule is Cc1cncc(NC(=O)C(C(N)N=O)C2NCC(Cl)CN2C)c1N1CCN(C)CC1. The van der Waals surface area contributed by atoms with E-state index in [-0.39, 0.29) is 11.3 Å². The number of amides is 1. The van der Waals surface area contributed by atoms with Gasteiger partial charge >= 0.3 is 0 Å². The van der Waals surface area contributed by atoms with Gasteiger partial charge in [0, 0.05) is 45.5 Å². The Morgan fingerprint density at radius 2 is 2.03 bits per heavy atom. The number of nitroso groups, excluding NO2 is 1. The molecule has 1 amide bonds. The molecule has 11 heteroatoms. The highest BCUT2D eigenvalue weighted by atomic mass is 35.5. The zero-order chi connectivity index (χ0) is 21.8. The van der Waals surface area contributed by atoms with Crippen molar-refractivity contribution in [1.82, 2.24) is 20.1 Å². The topological polar surface area (TPSA) is 119 Å². The number of aromatic nitrogens is 1. The van der Waals surface area contributed by atoms with Gasteiger partial charge in [0.2, 0.25) is 5.91 Å². The number of rotatable bonds is 6. The number of anilines is 2. The predicted octanol–water partition coefficient (Wildman–Crippen LogP) is 0.216. The molecule has 166 valence electrons. The number of hydrogen-bond donors (Lipinski definition) is 3. The normalized spacial score (nSPS) is 25.6. The van der Waals surface area contributed by atoms with E-state index in [0.717, 1.165) is 37.4 Å². The molecule has 3 heterocycles. The molecule has 4 unspecified atom stereocenters. The summed E-state index contributed by atoms with van der Waals surface area (Å²) in [6.45, 7) is 6.66. The maximum atomic E-state index is 13.3. The third-order valence-electron chi connectivity index (χ3n) is 5.82. The molecule has 30 heavy (non-hydrogen) atoms.